The fourth-order valence-corrected chi connectivity index (χ4v) is 3.79. The van der Waals surface area contributed by atoms with Crippen molar-refractivity contribution in [1.29, 1.82) is 0 Å². The zero-order valence-corrected chi connectivity index (χ0v) is 15.6. The molecule has 1 aromatic carbocycles. The molecule has 2 aromatic rings. The van der Waals surface area contributed by atoms with E-state index in [1.807, 2.05) is 18.2 Å². The summed E-state index contributed by atoms with van der Waals surface area (Å²) in [7, 11) is 0. The average Bonchev–Trinajstić information content (AvgIpc) is 2.89. The molecule has 138 valence electrons. The van der Waals surface area contributed by atoms with Gasteiger partial charge in [0.15, 0.2) is 0 Å². The van der Waals surface area contributed by atoms with Crippen LogP contribution in [0.15, 0.2) is 30.3 Å². The van der Waals surface area contributed by atoms with Crippen molar-refractivity contribution in [1.82, 2.24) is 10.3 Å². The van der Waals surface area contributed by atoms with Gasteiger partial charge in [-0.3, -0.25) is 4.79 Å². The highest BCUT2D eigenvalue weighted by Gasteiger charge is 2.39. The summed E-state index contributed by atoms with van der Waals surface area (Å²) in [6.45, 7) is 6.24. The second-order valence-electron chi connectivity index (χ2n) is 7.03. The van der Waals surface area contributed by atoms with Crippen LogP contribution in [0.3, 0.4) is 0 Å². The topological polar surface area (TPSA) is 71.2 Å². The van der Waals surface area contributed by atoms with Crippen LogP contribution in [-0.2, 0) is 10.2 Å². The van der Waals surface area contributed by atoms with E-state index in [2.05, 4.69) is 22.4 Å². The summed E-state index contributed by atoms with van der Waals surface area (Å²) in [4.78, 5) is 27.9. The number of benzene rings is 1. The molecule has 0 aliphatic heterocycles. The van der Waals surface area contributed by atoms with Gasteiger partial charge in [0, 0.05) is 17.7 Å². The maximum Gasteiger partial charge on any atom is 0.340 e. The van der Waals surface area contributed by atoms with Crippen LogP contribution in [0.4, 0.5) is 0 Å². The Kier molecular flexibility index (Phi) is 5.16. The Labute approximate surface area is 154 Å². The van der Waals surface area contributed by atoms with Gasteiger partial charge >= 0.3 is 5.97 Å². The minimum absolute atomic E-state index is 0.0242. The first kappa shape index (κ1) is 18.2. The number of carbonyl (C=O) groups excluding carboxylic acids is 2. The molecule has 0 bridgehead atoms. The first-order chi connectivity index (χ1) is 12.5. The molecule has 0 saturated heterocycles. The van der Waals surface area contributed by atoms with Crippen LogP contribution in [0, 0.1) is 13.8 Å². The monoisotopic (exact) mass is 354 g/mol. The molecule has 1 aromatic heterocycles. The highest BCUT2D eigenvalue weighted by molar-refractivity contribution is 6.00. The van der Waals surface area contributed by atoms with Crippen molar-refractivity contribution in [3.8, 4) is 0 Å². The lowest BCUT2D eigenvalue weighted by Crippen LogP contribution is -2.45. The number of aromatic amines is 1. The summed E-state index contributed by atoms with van der Waals surface area (Å²) in [6.07, 6.45) is 3.33. The number of nitrogens with one attached hydrogen (secondary N) is 2. The molecule has 1 aliphatic rings. The predicted molar refractivity (Wildman–Crippen MR) is 101 cm³/mol. The molecule has 1 saturated carbocycles. The summed E-state index contributed by atoms with van der Waals surface area (Å²) in [6, 6.07) is 10.4. The highest BCUT2D eigenvalue weighted by Crippen LogP contribution is 2.43. The third-order valence-electron chi connectivity index (χ3n) is 5.43. The van der Waals surface area contributed by atoms with Gasteiger partial charge in [-0.1, -0.05) is 36.8 Å². The molecule has 5 heteroatoms. The van der Waals surface area contributed by atoms with Crippen LogP contribution < -0.4 is 5.32 Å². The lowest BCUT2D eigenvalue weighted by molar-refractivity contribution is 0.0525. The van der Waals surface area contributed by atoms with Crippen LogP contribution in [0.2, 0.25) is 0 Å². The van der Waals surface area contributed by atoms with Crippen molar-refractivity contribution < 1.29 is 14.3 Å². The smallest absolute Gasteiger partial charge is 0.340 e. The molecule has 0 spiro atoms. The van der Waals surface area contributed by atoms with E-state index in [4.69, 9.17) is 4.74 Å². The summed E-state index contributed by atoms with van der Waals surface area (Å²) >= 11 is 0. The predicted octanol–water partition coefficient (Wildman–Crippen LogP) is 3.66. The molecule has 3 rings (SSSR count). The van der Waals surface area contributed by atoms with Crippen LogP contribution in [0.1, 0.15) is 63.9 Å². The standard InChI is InChI=1S/C21H26N2O3/c1-4-26-20(25)17-14(2)18(23-15(17)3)19(24)22-13-21(11-8-12-21)16-9-6-5-7-10-16/h5-7,9-10,23H,4,8,11-13H2,1-3H3,(H,22,24). The molecule has 0 atom stereocenters. The van der Waals surface area contributed by atoms with Gasteiger partial charge < -0.3 is 15.0 Å². The lowest BCUT2D eigenvalue weighted by Gasteiger charge is -2.42. The third-order valence-corrected chi connectivity index (χ3v) is 5.43. The van der Waals surface area contributed by atoms with E-state index < -0.39 is 5.97 Å². The number of hydrogen-bond donors (Lipinski definition) is 2. The van der Waals surface area contributed by atoms with Gasteiger partial charge in [0.25, 0.3) is 5.91 Å². The second-order valence-corrected chi connectivity index (χ2v) is 7.03. The maximum atomic E-state index is 12.7. The lowest BCUT2D eigenvalue weighted by atomic mass is 9.64. The van der Waals surface area contributed by atoms with E-state index in [1.54, 1.807) is 20.8 Å². The Balaban J connectivity index is 1.75. The molecule has 1 aliphatic carbocycles. The quantitative estimate of drug-likeness (QED) is 0.778. The number of amides is 1. The molecule has 1 fully saturated rings. The number of carbonyl (C=O) groups is 2. The molecule has 2 N–H and O–H groups in total. The zero-order chi connectivity index (χ0) is 18.7. The Hall–Kier alpha value is -2.56. The number of rotatable bonds is 6. The fraction of sp³-hybridized carbons (Fsp3) is 0.429. The third kappa shape index (κ3) is 3.26. The molecule has 5 nitrogen and oxygen atoms in total. The Morgan fingerprint density at radius 1 is 1.19 bits per heavy atom. The van der Waals surface area contributed by atoms with Gasteiger partial charge in [0.1, 0.15) is 5.69 Å². The van der Waals surface area contributed by atoms with Crippen LogP contribution in [0.25, 0.3) is 0 Å². The van der Waals surface area contributed by atoms with Crippen molar-refractivity contribution >= 4 is 11.9 Å². The molecular formula is C21H26N2O3. The van der Waals surface area contributed by atoms with E-state index >= 15 is 0 Å². The zero-order valence-electron chi connectivity index (χ0n) is 15.6. The molecule has 0 unspecified atom stereocenters. The van der Waals surface area contributed by atoms with E-state index in [0.29, 0.717) is 35.7 Å². The maximum absolute atomic E-state index is 12.7. The van der Waals surface area contributed by atoms with Crippen LogP contribution in [0.5, 0.6) is 0 Å². The molecule has 1 heterocycles. The van der Waals surface area contributed by atoms with E-state index in [-0.39, 0.29) is 11.3 Å². The van der Waals surface area contributed by atoms with E-state index in [1.165, 1.54) is 12.0 Å². The summed E-state index contributed by atoms with van der Waals surface area (Å²) in [5.41, 5.74) is 3.49. The highest BCUT2D eigenvalue weighted by atomic mass is 16.5. The Morgan fingerprint density at radius 2 is 1.88 bits per heavy atom. The second kappa shape index (κ2) is 7.36. The number of H-pyrrole nitrogens is 1. The normalized spacial score (nSPS) is 15.2. The molecular weight excluding hydrogens is 328 g/mol. The van der Waals surface area contributed by atoms with Gasteiger partial charge in [0.05, 0.1) is 12.2 Å². The largest absolute Gasteiger partial charge is 0.462 e. The van der Waals surface area contributed by atoms with Crippen molar-refractivity contribution in [3.05, 3.63) is 58.4 Å². The minimum atomic E-state index is -0.391. The molecule has 0 radical (unpaired) electrons. The van der Waals surface area contributed by atoms with Crippen molar-refractivity contribution in [2.24, 2.45) is 0 Å². The van der Waals surface area contributed by atoms with Crippen molar-refractivity contribution in [2.75, 3.05) is 13.2 Å². The van der Waals surface area contributed by atoms with Crippen molar-refractivity contribution in [2.45, 2.75) is 45.4 Å². The SMILES string of the molecule is CCOC(=O)c1c(C)[nH]c(C(=O)NCC2(c3ccccc3)CCC2)c1C. The fourth-order valence-electron chi connectivity index (χ4n) is 3.79. The van der Waals surface area contributed by atoms with Gasteiger partial charge in [-0.25, -0.2) is 4.79 Å². The number of aryl methyl sites for hydroxylation is 1. The van der Waals surface area contributed by atoms with Crippen LogP contribution >= 0.6 is 0 Å². The number of hydrogen-bond acceptors (Lipinski definition) is 3. The van der Waals surface area contributed by atoms with E-state index in [9.17, 15) is 9.59 Å². The van der Waals surface area contributed by atoms with Gasteiger partial charge in [-0.15, -0.1) is 0 Å². The van der Waals surface area contributed by atoms with E-state index in [0.717, 1.165) is 12.8 Å². The first-order valence-electron chi connectivity index (χ1n) is 9.18. The summed E-state index contributed by atoms with van der Waals surface area (Å²) in [5, 5.41) is 3.07. The first-order valence-corrected chi connectivity index (χ1v) is 9.18. The van der Waals surface area contributed by atoms with Crippen LogP contribution in [-0.4, -0.2) is 30.0 Å². The molecule has 26 heavy (non-hydrogen) atoms. The summed E-state index contributed by atoms with van der Waals surface area (Å²) in [5.74, 6) is -0.569. The average molecular weight is 354 g/mol. The Morgan fingerprint density at radius 3 is 2.46 bits per heavy atom. The number of aromatic nitrogens is 1. The van der Waals surface area contributed by atoms with Gasteiger partial charge in [-0.2, -0.15) is 0 Å². The Bertz CT molecular complexity index is 804. The summed E-state index contributed by atoms with van der Waals surface area (Å²) < 4.78 is 5.09. The number of esters is 1. The molecule has 1 amide bonds. The number of ether oxygens (including phenoxy) is 1. The van der Waals surface area contributed by atoms with Gasteiger partial charge in [-0.05, 0) is 44.7 Å². The van der Waals surface area contributed by atoms with Crippen molar-refractivity contribution in [3.63, 3.8) is 0 Å². The minimum Gasteiger partial charge on any atom is -0.462 e. The van der Waals surface area contributed by atoms with Gasteiger partial charge in [0.2, 0.25) is 0 Å².